The molecule has 1 heterocycles. The maximum absolute atomic E-state index is 12.2. The van der Waals surface area contributed by atoms with Crippen LogP contribution in [0.1, 0.15) is 60.3 Å². The molecule has 0 radical (unpaired) electrons. The summed E-state index contributed by atoms with van der Waals surface area (Å²) < 4.78 is 5.28. The molecule has 0 N–H and O–H groups in total. The minimum atomic E-state index is -0.662. The molecule has 0 fully saturated rings. The minimum Gasteiger partial charge on any atom is -0.443 e. The summed E-state index contributed by atoms with van der Waals surface area (Å²) in [5.74, 6) is -0.321. The number of hydrogen-bond acceptors (Lipinski definition) is 4. The van der Waals surface area contributed by atoms with Crippen molar-refractivity contribution >= 4 is 17.8 Å². The van der Waals surface area contributed by atoms with Crippen molar-refractivity contribution in [3.8, 4) is 0 Å². The zero-order valence-electron chi connectivity index (χ0n) is 14.2. The highest BCUT2D eigenvalue weighted by molar-refractivity contribution is 6.01. The molecular weight excluding hydrogens is 282 g/mol. The zero-order chi connectivity index (χ0) is 16.9. The van der Waals surface area contributed by atoms with Crippen molar-refractivity contribution in [2.45, 2.75) is 71.9 Å². The summed E-state index contributed by atoms with van der Waals surface area (Å²) in [6.45, 7) is 9.19. The first-order valence-corrected chi connectivity index (χ1v) is 7.91. The Bertz CT molecular complexity index is 462. The van der Waals surface area contributed by atoms with Crippen LogP contribution < -0.4 is 0 Å². The highest BCUT2D eigenvalue weighted by Gasteiger charge is 2.38. The Morgan fingerprint density at radius 3 is 2.55 bits per heavy atom. The molecule has 0 aliphatic carbocycles. The van der Waals surface area contributed by atoms with Gasteiger partial charge in [-0.3, -0.25) is 9.59 Å². The van der Waals surface area contributed by atoms with Crippen LogP contribution >= 0.6 is 0 Å². The van der Waals surface area contributed by atoms with Gasteiger partial charge < -0.3 is 4.74 Å². The molecule has 5 heteroatoms. The number of ether oxygens (including phenoxy) is 1. The fourth-order valence-electron chi connectivity index (χ4n) is 2.42. The molecule has 1 aliphatic heterocycles. The summed E-state index contributed by atoms with van der Waals surface area (Å²) in [6, 6.07) is -0.409. The number of rotatable bonds is 6. The normalized spacial score (nSPS) is 19.4. The van der Waals surface area contributed by atoms with Crippen LogP contribution in [0.4, 0.5) is 4.79 Å². The number of unbranched alkanes of at least 4 members (excludes halogenated alkanes) is 1. The second-order valence-corrected chi connectivity index (χ2v) is 6.86. The quantitative estimate of drug-likeness (QED) is 0.753. The second-order valence-electron chi connectivity index (χ2n) is 6.86. The van der Waals surface area contributed by atoms with E-state index >= 15 is 0 Å². The molecule has 2 amide bonds. The Labute approximate surface area is 132 Å². The van der Waals surface area contributed by atoms with Gasteiger partial charge >= 0.3 is 6.09 Å². The predicted molar refractivity (Wildman–Crippen MR) is 84.3 cm³/mol. The van der Waals surface area contributed by atoms with Crippen molar-refractivity contribution in [3.05, 3.63) is 12.2 Å². The molecule has 0 saturated heterocycles. The molecule has 0 aromatic heterocycles. The number of carbonyl (C=O) groups is 3. The summed E-state index contributed by atoms with van der Waals surface area (Å²) >= 11 is 0. The largest absolute Gasteiger partial charge is 0.443 e. The van der Waals surface area contributed by atoms with E-state index in [1.54, 1.807) is 26.8 Å². The lowest BCUT2D eigenvalue weighted by Crippen LogP contribution is -2.45. The first-order chi connectivity index (χ1) is 10.2. The van der Waals surface area contributed by atoms with E-state index in [0.717, 1.165) is 17.7 Å². The van der Waals surface area contributed by atoms with Gasteiger partial charge in [-0.1, -0.05) is 26.3 Å². The first kappa shape index (κ1) is 18.4. The first-order valence-electron chi connectivity index (χ1n) is 7.91. The average molecular weight is 309 g/mol. The van der Waals surface area contributed by atoms with Crippen molar-refractivity contribution in [3.63, 3.8) is 0 Å². The number of imide groups is 1. The molecule has 22 heavy (non-hydrogen) atoms. The Balaban J connectivity index is 2.71. The van der Waals surface area contributed by atoms with Gasteiger partial charge in [0.1, 0.15) is 11.4 Å². The van der Waals surface area contributed by atoms with Crippen molar-refractivity contribution < 1.29 is 19.1 Å². The fourth-order valence-corrected chi connectivity index (χ4v) is 2.42. The predicted octanol–water partition coefficient (Wildman–Crippen LogP) is 3.47. The molecule has 0 saturated carbocycles. The third kappa shape index (κ3) is 5.28. The standard InChI is InChI=1S/C17H27NO4/c1-6-7-8-13(19)11-12(2)14-9-10-15(20)18(14)16(21)22-17(3,4)5/h9-10,12,14H,6-8,11H2,1-5H3/t12-,14+/m1/s1. The van der Waals surface area contributed by atoms with Gasteiger partial charge in [-0.2, -0.15) is 0 Å². The van der Waals surface area contributed by atoms with Crippen LogP contribution in [0.3, 0.4) is 0 Å². The number of nitrogens with zero attached hydrogens (tertiary/aromatic N) is 1. The lowest BCUT2D eigenvalue weighted by atomic mass is 9.94. The maximum Gasteiger partial charge on any atom is 0.417 e. The summed E-state index contributed by atoms with van der Waals surface area (Å²) in [5, 5.41) is 0. The van der Waals surface area contributed by atoms with Gasteiger partial charge in [0.05, 0.1) is 6.04 Å². The van der Waals surface area contributed by atoms with Gasteiger partial charge in [0, 0.05) is 18.9 Å². The second kappa shape index (κ2) is 7.56. The zero-order valence-corrected chi connectivity index (χ0v) is 14.2. The molecule has 124 valence electrons. The average Bonchev–Trinajstić information content (AvgIpc) is 2.76. The number of Topliss-reactive ketones (excluding diaryl/α,β-unsaturated/α-hetero) is 1. The molecule has 0 unspecified atom stereocenters. The van der Waals surface area contributed by atoms with E-state index in [-0.39, 0.29) is 17.6 Å². The monoisotopic (exact) mass is 309 g/mol. The molecular formula is C17H27NO4. The minimum absolute atomic E-state index is 0.112. The van der Waals surface area contributed by atoms with Crippen LogP contribution in [0, 0.1) is 5.92 Å². The highest BCUT2D eigenvalue weighted by atomic mass is 16.6. The maximum atomic E-state index is 12.2. The highest BCUT2D eigenvalue weighted by Crippen LogP contribution is 2.25. The van der Waals surface area contributed by atoms with Gasteiger partial charge in [0.15, 0.2) is 0 Å². The van der Waals surface area contributed by atoms with Crippen LogP contribution in [0.25, 0.3) is 0 Å². The topological polar surface area (TPSA) is 63.7 Å². The van der Waals surface area contributed by atoms with Crippen LogP contribution in [0.2, 0.25) is 0 Å². The number of carbonyl (C=O) groups excluding carboxylic acids is 3. The summed E-state index contributed by atoms with van der Waals surface area (Å²) in [6.07, 6.45) is 5.18. The van der Waals surface area contributed by atoms with Gasteiger partial charge in [-0.05, 0) is 33.1 Å². The van der Waals surface area contributed by atoms with Crippen LogP contribution in [0.5, 0.6) is 0 Å². The van der Waals surface area contributed by atoms with Gasteiger partial charge in [-0.15, -0.1) is 0 Å². The molecule has 0 bridgehead atoms. The van der Waals surface area contributed by atoms with E-state index in [2.05, 4.69) is 0 Å². The number of amides is 2. The lowest BCUT2D eigenvalue weighted by Gasteiger charge is -2.30. The summed E-state index contributed by atoms with van der Waals surface area (Å²) in [4.78, 5) is 37.2. The van der Waals surface area contributed by atoms with E-state index in [4.69, 9.17) is 4.74 Å². The molecule has 2 atom stereocenters. The molecule has 0 spiro atoms. The number of ketones is 1. The van der Waals surface area contributed by atoms with Crippen molar-refractivity contribution in [2.75, 3.05) is 0 Å². The smallest absolute Gasteiger partial charge is 0.417 e. The van der Waals surface area contributed by atoms with Gasteiger partial charge in [0.25, 0.3) is 5.91 Å². The SMILES string of the molecule is CCCCC(=O)C[C@@H](C)[C@@H]1C=CC(=O)N1C(=O)OC(C)(C)C. The Hall–Kier alpha value is -1.65. The summed E-state index contributed by atoms with van der Waals surface area (Å²) in [5.41, 5.74) is -0.662. The third-order valence-electron chi connectivity index (χ3n) is 3.50. The van der Waals surface area contributed by atoms with Crippen LogP contribution in [-0.4, -0.2) is 34.3 Å². The Kier molecular flexibility index (Phi) is 6.33. The van der Waals surface area contributed by atoms with Gasteiger partial charge in [0.2, 0.25) is 0 Å². The van der Waals surface area contributed by atoms with Gasteiger partial charge in [-0.25, -0.2) is 9.69 Å². The van der Waals surface area contributed by atoms with Crippen LogP contribution in [-0.2, 0) is 14.3 Å². The molecule has 1 aliphatic rings. The molecule has 5 nitrogen and oxygen atoms in total. The molecule has 1 rings (SSSR count). The number of hydrogen-bond donors (Lipinski definition) is 0. The van der Waals surface area contributed by atoms with Crippen LogP contribution in [0.15, 0.2) is 12.2 Å². The Morgan fingerprint density at radius 1 is 1.36 bits per heavy atom. The third-order valence-corrected chi connectivity index (χ3v) is 3.50. The molecule has 0 aromatic rings. The Morgan fingerprint density at radius 2 is 2.00 bits per heavy atom. The van der Waals surface area contributed by atoms with E-state index in [9.17, 15) is 14.4 Å². The van der Waals surface area contributed by atoms with E-state index < -0.39 is 17.7 Å². The van der Waals surface area contributed by atoms with Crippen molar-refractivity contribution in [1.82, 2.24) is 4.90 Å². The van der Waals surface area contributed by atoms with E-state index in [1.807, 2.05) is 13.8 Å². The molecule has 0 aromatic carbocycles. The van der Waals surface area contributed by atoms with Crippen molar-refractivity contribution in [1.29, 1.82) is 0 Å². The van der Waals surface area contributed by atoms with Crippen molar-refractivity contribution in [2.24, 2.45) is 5.92 Å². The lowest BCUT2D eigenvalue weighted by molar-refractivity contribution is -0.127. The van der Waals surface area contributed by atoms with E-state index in [0.29, 0.717) is 12.8 Å². The fraction of sp³-hybridized carbons (Fsp3) is 0.706. The van der Waals surface area contributed by atoms with E-state index in [1.165, 1.54) is 6.08 Å². The summed E-state index contributed by atoms with van der Waals surface area (Å²) in [7, 11) is 0.